The van der Waals surface area contributed by atoms with Gasteiger partial charge in [0.2, 0.25) is 0 Å². The van der Waals surface area contributed by atoms with Crippen LogP contribution >= 0.6 is 0 Å². The van der Waals surface area contributed by atoms with E-state index in [-0.39, 0.29) is 23.0 Å². The molecule has 6 rings (SSSR count). The number of amides is 2. The van der Waals surface area contributed by atoms with E-state index < -0.39 is 11.6 Å². The summed E-state index contributed by atoms with van der Waals surface area (Å²) in [6, 6.07) is 10.4. The molecule has 0 radical (unpaired) electrons. The summed E-state index contributed by atoms with van der Waals surface area (Å²) in [6.45, 7) is 4.85. The molecule has 6 nitrogen and oxygen atoms in total. The Morgan fingerprint density at radius 1 is 1.00 bits per heavy atom. The first-order valence-corrected chi connectivity index (χ1v) is 13.3. The van der Waals surface area contributed by atoms with Crippen LogP contribution in [0.2, 0.25) is 0 Å². The van der Waals surface area contributed by atoms with Crippen LogP contribution in [0.5, 0.6) is 0 Å². The maximum Gasteiger partial charge on any atom is 0.256 e. The van der Waals surface area contributed by atoms with Gasteiger partial charge in [-0.3, -0.25) is 9.59 Å². The molecule has 4 heterocycles. The van der Waals surface area contributed by atoms with Gasteiger partial charge in [0.1, 0.15) is 11.6 Å². The molecule has 196 valence electrons. The number of hydrogen-bond acceptors (Lipinski definition) is 3. The third-order valence-electron chi connectivity index (χ3n) is 7.83. The van der Waals surface area contributed by atoms with Crippen molar-refractivity contribution in [1.29, 1.82) is 0 Å². The predicted octanol–water partition coefficient (Wildman–Crippen LogP) is 5.40. The smallest absolute Gasteiger partial charge is 0.256 e. The minimum Gasteiger partial charge on any atom is -0.361 e. The molecule has 38 heavy (non-hydrogen) atoms. The number of nitrogens with zero attached hydrogens (tertiary/aromatic N) is 2. The first kappa shape index (κ1) is 24.6. The lowest BCUT2D eigenvalue weighted by Gasteiger charge is -2.34. The molecular weight excluding hydrogens is 486 g/mol. The van der Waals surface area contributed by atoms with E-state index in [0.717, 1.165) is 45.6 Å². The number of aromatic nitrogens is 1. The summed E-state index contributed by atoms with van der Waals surface area (Å²) in [4.78, 5) is 33.7. The Morgan fingerprint density at radius 3 is 2.55 bits per heavy atom. The lowest BCUT2D eigenvalue weighted by molar-refractivity contribution is -0.110. The zero-order valence-corrected chi connectivity index (χ0v) is 21.1. The predicted molar refractivity (Wildman–Crippen MR) is 143 cm³/mol. The molecule has 2 saturated heterocycles. The fourth-order valence-corrected chi connectivity index (χ4v) is 6.04. The minimum absolute atomic E-state index is 0.0255. The van der Waals surface area contributed by atoms with E-state index >= 15 is 0 Å². The second-order valence-electron chi connectivity index (χ2n) is 10.4. The molecule has 1 unspecified atom stereocenters. The van der Waals surface area contributed by atoms with Crippen LogP contribution in [-0.4, -0.2) is 59.3 Å². The van der Waals surface area contributed by atoms with Crippen LogP contribution in [0.15, 0.2) is 48.7 Å². The molecule has 3 aliphatic rings. The number of carbonyl (C=O) groups is 2. The van der Waals surface area contributed by atoms with Gasteiger partial charge in [-0.15, -0.1) is 0 Å². The van der Waals surface area contributed by atoms with Gasteiger partial charge in [0, 0.05) is 42.8 Å². The summed E-state index contributed by atoms with van der Waals surface area (Å²) in [6.07, 6.45) is 7.95. The number of likely N-dealkylation sites (tertiary alicyclic amines) is 2. The normalized spacial score (nSPS) is 20.7. The zero-order valence-electron chi connectivity index (χ0n) is 21.1. The fraction of sp³-hybridized carbons (Fsp3) is 0.333. The summed E-state index contributed by atoms with van der Waals surface area (Å²) in [5.41, 5.74) is 2.42. The molecule has 0 bridgehead atoms. The molecule has 3 aromatic rings. The second-order valence-corrected chi connectivity index (χ2v) is 10.4. The van der Waals surface area contributed by atoms with Crippen molar-refractivity contribution >= 4 is 29.2 Å². The van der Waals surface area contributed by atoms with Gasteiger partial charge < -0.3 is 20.1 Å². The molecule has 2 N–H and O–H groups in total. The molecule has 2 amide bonds. The molecule has 3 aliphatic heterocycles. The molecule has 0 spiro atoms. The van der Waals surface area contributed by atoms with Crippen LogP contribution in [0.3, 0.4) is 0 Å². The average Bonchev–Trinajstić information content (AvgIpc) is 3.66. The number of benzene rings is 2. The van der Waals surface area contributed by atoms with E-state index in [1.807, 2.05) is 4.90 Å². The standard InChI is InChI=1S/C30H30F2N4O2/c31-24-8-4-9-25(32)28(24)22-7-3-10-26-27(22)23(29(37)34-26)15-21-14-20(16-33-21)30(38)36-13-5-6-19(18-36)17-35-11-1-2-12-35/h3-4,7-10,14-16,19,33H,1-2,5-6,11-13,17-18H2,(H,34,37). The number of carbonyl (C=O) groups excluding carboxylic acids is 2. The lowest BCUT2D eigenvalue weighted by atomic mass is 9.93. The van der Waals surface area contributed by atoms with Gasteiger partial charge in [-0.05, 0) is 80.6 Å². The van der Waals surface area contributed by atoms with Crippen LogP contribution in [0.25, 0.3) is 22.8 Å². The van der Waals surface area contributed by atoms with Gasteiger partial charge >= 0.3 is 0 Å². The van der Waals surface area contributed by atoms with E-state index in [9.17, 15) is 18.4 Å². The van der Waals surface area contributed by atoms with Crippen molar-refractivity contribution in [2.24, 2.45) is 5.92 Å². The Kier molecular flexibility index (Phi) is 6.57. The van der Waals surface area contributed by atoms with Crippen molar-refractivity contribution < 1.29 is 18.4 Å². The number of fused-ring (bicyclic) bond motifs is 1. The molecule has 1 aromatic heterocycles. The fourth-order valence-electron chi connectivity index (χ4n) is 6.04. The summed E-state index contributed by atoms with van der Waals surface area (Å²) in [7, 11) is 0. The SMILES string of the molecule is O=C1Nc2cccc(-c3c(F)cccc3F)c2C1=Cc1cc(C(=O)N2CCCC(CN3CCCC3)C2)c[nH]1. The summed E-state index contributed by atoms with van der Waals surface area (Å²) < 4.78 is 29.3. The molecule has 0 saturated carbocycles. The molecule has 1 atom stereocenters. The second kappa shape index (κ2) is 10.2. The minimum atomic E-state index is -0.700. The third kappa shape index (κ3) is 4.65. The Morgan fingerprint density at radius 2 is 1.76 bits per heavy atom. The van der Waals surface area contributed by atoms with Crippen molar-refractivity contribution in [2.45, 2.75) is 25.7 Å². The first-order chi connectivity index (χ1) is 18.5. The van der Waals surface area contributed by atoms with Crippen molar-refractivity contribution in [3.8, 4) is 11.1 Å². The highest BCUT2D eigenvalue weighted by molar-refractivity contribution is 6.36. The summed E-state index contributed by atoms with van der Waals surface area (Å²) in [5, 5.41) is 2.79. The van der Waals surface area contributed by atoms with E-state index in [1.54, 1.807) is 36.5 Å². The van der Waals surface area contributed by atoms with Crippen molar-refractivity contribution in [3.05, 3.63) is 77.1 Å². The van der Waals surface area contributed by atoms with Gasteiger partial charge in [-0.2, -0.15) is 0 Å². The topological polar surface area (TPSA) is 68.4 Å². The van der Waals surface area contributed by atoms with Gasteiger partial charge in [0.15, 0.2) is 0 Å². The maximum absolute atomic E-state index is 14.6. The number of nitrogens with one attached hydrogen (secondary N) is 2. The number of rotatable bonds is 5. The Hall–Kier alpha value is -3.78. The Labute approximate surface area is 220 Å². The van der Waals surface area contributed by atoms with E-state index in [0.29, 0.717) is 34.0 Å². The summed E-state index contributed by atoms with van der Waals surface area (Å²) in [5.74, 6) is -1.30. The number of anilines is 1. The highest BCUT2D eigenvalue weighted by atomic mass is 19.1. The van der Waals surface area contributed by atoms with E-state index in [1.165, 1.54) is 31.0 Å². The monoisotopic (exact) mass is 516 g/mol. The van der Waals surface area contributed by atoms with Crippen LogP contribution < -0.4 is 5.32 Å². The highest BCUT2D eigenvalue weighted by Gasteiger charge is 2.30. The van der Waals surface area contributed by atoms with Crippen LogP contribution in [0, 0.1) is 17.6 Å². The highest BCUT2D eigenvalue weighted by Crippen LogP contribution is 2.41. The van der Waals surface area contributed by atoms with E-state index in [4.69, 9.17) is 0 Å². The molecule has 2 aromatic carbocycles. The van der Waals surface area contributed by atoms with Crippen molar-refractivity contribution in [2.75, 3.05) is 38.0 Å². The zero-order chi connectivity index (χ0) is 26.2. The number of hydrogen-bond donors (Lipinski definition) is 2. The third-order valence-corrected chi connectivity index (χ3v) is 7.83. The molecule has 8 heteroatoms. The van der Waals surface area contributed by atoms with Crippen LogP contribution in [0.1, 0.15) is 47.3 Å². The molecule has 2 fully saturated rings. The number of halogens is 2. The molecular formula is C30H30F2N4O2. The summed E-state index contributed by atoms with van der Waals surface area (Å²) >= 11 is 0. The Balaban J connectivity index is 1.25. The quantitative estimate of drug-likeness (QED) is 0.446. The first-order valence-electron chi connectivity index (χ1n) is 13.3. The number of piperidine rings is 1. The van der Waals surface area contributed by atoms with Crippen molar-refractivity contribution in [1.82, 2.24) is 14.8 Å². The maximum atomic E-state index is 14.6. The molecule has 0 aliphatic carbocycles. The van der Waals surface area contributed by atoms with Crippen molar-refractivity contribution in [3.63, 3.8) is 0 Å². The largest absolute Gasteiger partial charge is 0.361 e. The van der Waals surface area contributed by atoms with Gasteiger partial charge in [-0.25, -0.2) is 8.78 Å². The number of H-pyrrole nitrogens is 1. The van der Waals surface area contributed by atoms with Gasteiger partial charge in [-0.1, -0.05) is 18.2 Å². The Bertz CT molecular complexity index is 1400. The van der Waals surface area contributed by atoms with Crippen LogP contribution in [-0.2, 0) is 4.79 Å². The van der Waals surface area contributed by atoms with Gasteiger partial charge in [0.25, 0.3) is 11.8 Å². The van der Waals surface area contributed by atoms with Gasteiger partial charge in [0.05, 0.1) is 16.7 Å². The van der Waals surface area contributed by atoms with Crippen LogP contribution in [0.4, 0.5) is 14.5 Å². The average molecular weight is 517 g/mol. The van der Waals surface area contributed by atoms with E-state index in [2.05, 4.69) is 15.2 Å². The number of aromatic amines is 1. The lowest BCUT2D eigenvalue weighted by Crippen LogP contribution is -2.43.